The summed E-state index contributed by atoms with van der Waals surface area (Å²) in [6, 6.07) is 39.1. The van der Waals surface area contributed by atoms with Gasteiger partial charge in [-0.3, -0.25) is 9.69 Å². The van der Waals surface area contributed by atoms with Gasteiger partial charge >= 0.3 is 0 Å². The highest BCUT2D eigenvalue weighted by Gasteiger charge is 2.35. The average molecular weight is 524 g/mol. The van der Waals surface area contributed by atoms with Gasteiger partial charge in [0.2, 0.25) is 5.91 Å². The van der Waals surface area contributed by atoms with E-state index < -0.39 is 0 Å². The van der Waals surface area contributed by atoms with Gasteiger partial charge in [0.1, 0.15) is 0 Å². The van der Waals surface area contributed by atoms with Crippen LogP contribution in [0.15, 0.2) is 115 Å². The van der Waals surface area contributed by atoms with Crippen molar-refractivity contribution in [2.24, 2.45) is 0 Å². The van der Waals surface area contributed by atoms with Crippen molar-refractivity contribution < 1.29 is 4.79 Å². The van der Waals surface area contributed by atoms with Gasteiger partial charge in [-0.05, 0) is 41.4 Å². The zero-order chi connectivity index (χ0) is 26.3. The predicted molar refractivity (Wildman–Crippen MR) is 155 cm³/mol. The molecule has 0 spiro atoms. The number of amides is 1. The molecule has 4 nitrogen and oxygen atoms in total. The van der Waals surface area contributed by atoms with Crippen LogP contribution in [0.25, 0.3) is 0 Å². The number of carbonyl (C=O) groups is 1. The summed E-state index contributed by atoms with van der Waals surface area (Å²) in [5.74, 6) is 0.0698. The lowest BCUT2D eigenvalue weighted by Crippen LogP contribution is -2.55. The van der Waals surface area contributed by atoms with E-state index in [1.807, 2.05) is 66.5 Å². The number of nitrogens with zero attached hydrogens (tertiary/aromatic N) is 2. The first-order chi connectivity index (χ1) is 18.7. The molecule has 0 saturated carbocycles. The maximum atomic E-state index is 14.0. The highest BCUT2D eigenvalue weighted by molar-refractivity contribution is 6.30. The fourth-order valence-electron chi connectivity index (χ4n) is 5.65. The van der Waals surface area contributed by atoms with Gasteiger partial charge in [-0.2, -0.15) is 0 Å². The van der Waals surface area contributed by atoms with Crippen molar-refractivity contribution in [2.45, 2.75) is 18.0 Å². The zero-order valence-electron chi connectivity index (χ0n) is 21.7. The van der Waals surface area contributed by atoms with Gasteiger partial charge in [0.15, 0.2) is 0 Å². The molecule has 2 atom stereocenters. The standard InChI is InChI=1S/C33H34ClN3O/c1-35-31(30(25-12-5-2-6-13-25)26-14-7-3-8-15-26)33(38)37-22-20-36(21-23-37)32(27-16-9-4-10-17-27)28-18-11-19-29(34)24-28/h2-19,24,30-32,35H,20-23H2,1H3. The Balaban J connectivity index is 1.36. The SMILES string of the molecule is CNC(C(=O)N1CCN(C(c2ccccc2)c2cccc(Cl)c2)CC1)C(c1ccccc1)c1ccccc1. The summed E-state index contributed by atoms with van der Waals surface area (Å²) >= 11 is 6.38. The second-order valence-electron chi connectivity index (χ2n) is 9.79. The molecule has 1 N–H and O–H groups in total. The van der Waals surface area contributed by atoms with E-state index in [1.165, 1.54) is 11.1 Å². The van der Waals surface area contributed by atoms with Crippen LogP contribution < -0.4 is 5.32 Å². The highest BCUT2D eigenvalue weighted by atomic mass is 35.5. The molecule has 4 aromatic carbocycles. The Kier molecular flexibility index (Phi) is 8.54. The van der Waals surface area contributed by atoms with Gasteiger partial charge in [0, 0.05) is 37.1 Å². The lowest BCUT2D eigenvalue weighted by molar-refractivity contribution is -0.135. The van der Waals surface area contributed by atoms with Crippen molar-refractivity contribution in [3.05, 3.63) is 143 Å². The first-order valence-electron chi connectivity index (χ1n) is 13.3. The van der Waals surface area contributed by atoms with E-state index in [1.54, 1.807) is 0 Å². The Bertz CT molecular complexity index is 1270. The molecule has 38 heavy (non-hydrogen) atoms. The summed E-state index contributed by atoms with van der Waals surface area (Å²) in [6.07, 6.45) is 0. The van der Waals surface area contributed by atoms with Crippen LogP contribution in [0.2, 0.25) is 5.02 Å². The molecule has 2 unspecified atom stereocenters. The third-order valence-corrected chi connectivity index (χ3v) is 7.73. The Morgan fingerprint density at radius 1 is 0.684 bits per heavy atom. The Morgan fingerprint density at radius 3 is 1.68 bits per heavy atom. The number of nitrogens with one attached hydrogen (secondary N) is 1. The van der Waals surface area contributed by atoms with E-state index in [-0.39, 0.29) is 23.9 Å². The normalized spacial score (nSPS) is 15.8. The molecule has 0 aliphatic carbocycles. The molecule has 0 bridgehead atoms. The summed E-state index contributed by atoms with van der Waals surface area (Å²) in [7, 11) is 1.89. The maximum absolute atomic E-state index is 14.0. The number of piperazine rings is 1. The maximum Gasteiger partial charge on any atom is 0.240 e. The predicted octanol–water partition coefficient (Wildman–Crippen LogP) is 5.99. The van der Waals surface area contributed by atoms with Gasteiger partial charge in [0.05, 0.1) is 12.1 Å². The van der Waals surface area contributed by atoms with E-state index in [0.717, 1.165) is 29.2 Å². The molecule has 4 aromatic rings. The highest BCUT2D eigenvalue weighted by Crippen LogP contribution is 2.32. The van der Waals surface area contributed by atoms with Crippen LogP contribution in [0.5, 0.6) is 0 Å². The van der Waals surface area contributed by atoms with Gasteiger partial charge in [-0.1, -0.05) is 115 Å². The van der Waals surface area contributed by atoms with Crippen LogP contribution in [0.3, 0.4) is 0 Å². The summed E-state index contributed by atoms with van der Waals surface area (Å²) in [4.78, 5) is 18.5. The second kappa shape index (κ2) is 12.4. The van der Waals surface area contributed by atoms with Crippen molar-refractivity contribution >= 4 is 17.5 Å². The van der Waals surface area contributed by atoms with Crippen LogP contribution >= 0.6 is 11.6 Å². The molecule has 0 aromatic heterocycles. The summed E-state index contributed by atoms with van der Waals surface area (Å²) in [5.41, 5.74) is 4.67. The zero-order valence-corrected chi connectivity index (χ0v) is 22.5. The van der Waals surface area contributed by atoms with Gasteiger partial charge < -0.3 is 10.2 Å². The number of hydrogen-bond acceptors (Lipinski definition) is 3. The first-order valence-corrected chi connectivity index (χ1v) is 13.6. The fourth-order valence-corrected chi connectivity index (χ4v) is 5.85. The molecule has 1 heterocycles. The van der Waals surface area contributed by atoms with E-state index in [9.17, 15) is 4.79 Å². The molecule has 1 saturated heterocycles. The van der Waals surface area contributed by atoms with Crippen molar-refractivity contribution in [3.63, 3.8) is 0 Å². The van der Waals surface area contributed by atoms with Crippen LogP contribution in [0.1, 0.15) is 34.2 Å². The summed E-state index contributed by atoms with van der Waals surface area (Å²) in [5, 5.41) is 4.11. The van der Waals surface area contributed by atoms with Gasteiger partial charge in [-0.15, -0.1) is 0 Å². The molecule has 1 aliphatic rings. The quantitative estimate of drug-likeness (QED) is 0.308. The van der Waals surface area contributed by atoms with Gasteiger partial charge in [0.25, 0.3) is 0 Å². The number of hydrogen-bond donors (Lipinski definition) is 1. The number of carbonyl (C=O) groups excluding carboxylic acids is 1. The molecular formula is C33H34ClN3O. The van der Waals surface area contributed by atoms with Crippen LogP contribution in [-0.2, 0) is 4.79 Å². The number of rotatable bonds is 8. The Labute approximate surface area is 230 Å². The van der Waals surface area contributed by atoms with Crippen molar-refractivity contribution in [1.29, 1.82) is 0 Å². The fraction of sp³-hybridized carbons (Fsp3) is 0.242. The minimum atomic E-state index is -0.357. The van der Waals surface area contributed by atoms with E-state index >= 15 is 0 Å². The molecule has 1 aliphatic heterocycles. The largest absolute Gasteiger partial charge is 0.339 e. The van der Waals surface area contributed by atoms with Crippen molar-refractivity contribution in [3.8, 4) is 0 Å². The smallest absolute Gasteiger partial charge is 0.240 e. The molecular weight excluding hydrogens is 490 g/mol. The third-order valence-electron chi connectivity index (χ3n) is 7.50. The van der Waals surface area contributed by atoms with Crippen LogP contribution in [0, 0.1) is 0 Å². The van der Waals surface area contributed by atoms with Crippen LogP contribution in [0.4, 0.5) is 0 Å². The van der Waals surface area contributed by atoms with E-state index in [2.05, 4.69) is 70.9 Å². The minimum absolute atomic E-state index is 0.0727. The number of benzene rings is 4. The van der Waals surface area contributed by atoms with Gasteiger partial charge in [-0.25, -0.2) is 0 Å². The number of halogens is 1. The minimum Gasteiger partial charge on any atom is -0.339 e. The molecule has 194 valence electrons. The third kappa shape index (κ3) is 5.83. The van der Waals surface area contributed by atoms with Crippen molar-refractivity contribution in [1.82, 2.24) is 15.1 Å². The first kappa shape index (κ1) is 26.2. The Morgan fingerprint density at radius 2 is 1.18 bits per heavy atom. The molecule has 0 radical (unpaired) electrons. The lowest BCUT2D eigenvalue weighted by atomic mass is 9.84. The number of likely N-dealkylation sites (N-methyl/N-ethyl adjacent to an activating group) is 1. The lowest BCUT2D eigenvalue weighted by Gasteiger charge is -2.41. The summed E-state index contributed by atoms with van der Waals surface area (Å²) < 4.78 is 0. The monoisotopic (exact) mass is 523 g/mol. The molecule has 1 fully saturated rings. The van der Waals surface area contributed by atoms with Crippen LogP contribution in [-0.4, -0.2) is 55.0 Å². The topological polar surface area (TPSA) is 35.6 Å². The second-order valence-corrected chi connectivity index (χ2v) is 10.2. The molecule has 1 amide bonds. The van der Waals surface area contributed by atoms with E-state index in [0.29, 0.717) is 13.1 Å². The van der Waals surface area contributed by atoms with E-state index in [4.69, 9.17) is 11.6 Å². The molecule has 5 heteroatoms. The van der Waals surface area contributed by atoms with Crippen molar-refractivity contribution in [2.75, 3.05) is 33.2 Å². The molecule has 5 rings (SSSR count). The Hall–Kier alpha value is -3.44. The average Bonchev–Trinajstić information content (AvgIpc) is 2.97. The summed E-state index contributed by atoms with van der Waals surface area (Å²) in [6.45, 7) is 2.93.